The lowest BCUT2D eigenvalue weighted by Crippen LogP contribution is -2.21. The Morgan fingerprint density at radius 3 is 2.46 bits per heavy atom. The van der Waals surface area contributed by atoms with E-state index in [9.17, 15) is 0 Å². The number of hydrogen-bond acceptors (Lipinski definition) is 3. The van der Waals surface area contributed by atoms with Gasteiger partial charge in [-0.1, -0.05) is 30.3 Å². The summed E-state index contributed by atoms with van der Waals surface area (Å²) in [6.45, 7) is 2.17. The van der Waals surface area contributed by atoms with Gasteiger partial charge < -0.3 is 9.30 Å². The number of halogens is 1. The van der Waals surface area contributed by atoms with E-state index in [1.165, 1.54) is 5.56 Å². The highest BCUT2D eigenvalue weighted by Crippen LogP contribution is 2.22. The molecule has 0 bridgehead atoms. The summed E-state index contributed by atoms with van der Waals surface area (Å²) in [7, 11) is 1.66. The quantitative estimate of drug-likeness (QED) is 0.580. The summed E-state index contributed by atoms with van der Waals surface area (Å²) in [5, 5.41) is 2.08. The van der Waals surface area contributed by atoms with E-state index in [-0.39, 0.29) is 6.04 Å². The van der Waals surface area contributed by atoms with E-state index in [1.54, 1.807) is 18.4 Å². The molecule has 0 spiro atoms. The van der Waals surface area contributed by atoms with Gasteiger partial charge in [-0.2, -0.15) is 0 Å². The van der Waals surface area contributed by atoms with Crippen molar-refractivity contribution in [2.75, 3.05) is 7.11 Å². The Hall–Kier alpha value is -2.04. The molecule has 3 nitrogen and oxygen atoms in total. The smallest absolute Gasteiger partial charge is 0.190 e. The molecule has 1 aromatic heterocycles. The molecule has 24 heavy (non-hydrogen) atoms. The summed E-state index contributed by atoms with van der Waals surface area (Å²) < 4.78 is 7.40. The molecule has 3 aromatic rings. The Morgan fingerprint density at radius 2 is 1.83 bits per heavy atom. The SMILES string of the molecule is COc1ccc(N=c2scc(CCl)n2[C@@H](C)c2ccccc2)cc1. The van der Waals surface area contributed by atoms with Gasteiger partial charge in [-0.05, 0) is 36.8 Å². The van der Waals surface area contributed by atoms with Crippen LogP contribution in [0.3, 0.4) is 0 Å². The molecule has 1 atom stereocenters. The zero-order chi connectivity index (χ0) is 16.9. The molecule has 0 fully saturated rings. The van der Waals surface area contributed by atoms with Crippen LogP contribution in [0, 0.1) is 0 Å². The fourth-order valence-corrected chi connectivity index (χ4v) is 3.88. The number of thiazole rings is 1. The van der Waals surface area contributed by atoms with Crippen molar-refractivity contribution in [1.29, 1.82) is 0 Å². The maximum atomic E-state index is 6.15. The van der Waals surface area contributed by atoms with Gasteiger partial charge in [0.15, 0.2) is 4.80 Å². The van der Waals surface area contributed by atoms with Crippen molar-refractivity contribution in [3.05, 3.63) is 76.0 Å². The molecular weight excluding hydrogens is 340 g/mol. The molecule has 0 saturated heterocycles. The van der Waals surface area contributed by atoms with E-state index in [2.05, 4.69) is 41.1 Å². The molecule has 0 N–H and O–H groups in total. The minimum absolute atomic E-state index is 0.170. The van der Waals surface area contributed by atoms with Crippen molar-refractivity contribution >= 4 is 28.6 Å². The summed E-state index contributed by atoms with van der Waals surface area (Å²) in [6.07, 6.45) is 0. The first kappa shape index (κ1) is 16.8. The maximum absolute atomic E-state index is 6.15. The number of ether oxygens (including phenoxy) is 1. The molecule has 0 aliphatic carbocycles. The molecule has 0 saturated carbocycles. The molecular formula is C19H19ClN2OS. The number of alkyl halides is 1. The fraction of sp³-hybridized carbons (Fsp3) is 0.211. The van der Waals surface area contributed by atoms with Crippen LogP contribution < -0.4 is 9.54 Å². The van der Waals surface area contributed by atoms with E-state index in [1.807, 2.05) is 30.3 Å². The normalized spacial score (nSPS) is 13.0. The van der Waals surface area contributed by atoms with Crippen LogP contribution in [0.5, 0.6) is 5.75 Å². The minimum Gasteiger partial charge on any atom is -0.497 e. The standard InChI is InChI=1S/C19H19ClN2OS/c1-14(15-6-4-3-5-7-15)22-17(12-20)13-24-19(22)21-16-8-10-18(23-2)11-9-16/h3-11,13-14H,12H2,1-2H3/t14-/m0/s1. The average molecular weight is 359 g/mol. The Kier molecular flexibility index (Phi) is 5.38. The lowest BCUT2D eigenvalue weighted by molar-refractivity contribution is 0.415. The largest absolute Gasteiger partial charge is 0.497 e. The number of benzene rings is 2. The lowest BCUT2D eigenvalue weighted by atomic mass is 10.1. The van der Waals surface area contributed by atoms with E-state index in [0.717, 1.165) is 21.9 Å². The van der Waals surface area contributed by atoms with Gasteiger partial charge in [0.25, 0.3) is 0 Å². The van der Waals surface area contributed by atoms with Crippen molar-refractivity contribution in [1.82, 2.24) is 4.57 Å². The van der Waals surface area contributed by atoms with Crippen LogP contribution in [0.1, 0.15) is 24.2 Å². The van der Waals surface area contributed by atoms with E-state index < -0.39 is 0 Å². The van der Waals surface area contributed by atoms with Crippen LogP contribution >= 0.6 is 22.9 Å². The fourth-order valence-electron chi connectivity index (χ4n) is 2.60. The van der Waals surface area contributed by atoms with Crippen molar-refractivity contribution < 1.29 is 4.74 Å². The van der Waals surface area contributed by atoms with Crippen LogP contribution in [0.25, 0.3) is 0 Å². The van der Waals surface area contributed by atoms with E-state index in [4.69, 9.17) is 21.3 Å². The second-order valence-electron chi connectivity index (χ2n) is 5.41. The zero-order valence-corrected chi connectivity index (χ0v) is 15.2. The third-order valence-corrected chi connectivity index (χ3v) is 5.08. The monoisotopic (exact) mass is 358 g/mol. The molecule has 2 aromatic carbocycles. The summed E-state index contributed by atoms with van der Waals surface area (Å²) >= 11 is 7.76. The van der Waals surface area contributed by atoms with Gasteiger partial charge >= 0.3 is 0 Å². The molecule has 0 radical (unpaired) electrons. The topological polar surface area (TPSA) is 26.5 Å². The number of hydrogen-bond donors (Lipinski definition) is 0. The third-order valence-electron chi connectivity index (χ3n) is 3.92. The van der Waals surface area contributed by atoms with Gasteiger partial charge in [0, 0.05) is 11.1 Å². The van der Waals surface area contributed by atoms with Gasteiger partial charge in [-0.25, -0.2) is 4.99 Å². The first-order valence-corrected chi connectivity index (χ1v) is 9.13. The zero-order valence-electron chi connectivity index (χ0n) is 13.6. The summed E-state index contributed by atoms with van der Waals surface area (Å²) in [5.74, 6) is 1.29. The predicted octanol–water partition coefficient (Wildman–Crippen LogP) is 5.14. The van der Waals surface area contributed by atoms with E-state index >= 15 is 0 Å². The second kappa shape index (κ2) is 7.69. The van der Waals surface area contributed by atoms with Crippen molar-refractivity contribution in [3.8, 4) is 5.75 Å². The van der Waals surface area contributed by atoms with Gasteiger partial charge in [0.2, 0.25) is 0 Å². The first-order chi connectivity index (χ1) is 11.7. The summed E-state index contributed by atoms with van der Waals surface area (Å²) in [4.78, 5) is 5.74. The van der Waals surface area contributed by atoms with Crippen LogP contribution in [-0.4, -0.2) is 11.7 Å². The number of aromatic nitrogens is 1. The predicted molar refractivity (Wildman–Crippen MR) is 100 cm³/mol. The van der Waals surface area contributed by atoms with Gasteiger partial charge in [0.1, 0.15) is 5.75 Å². The van der Waals surface area contributed by atoms with Crippen molar-refractivity contribution in [3.63, 3.8) is 0 Å². The molecule has 5 heteroatoms. The third kappa shape index (κ3) is 3.55. The second-order valence-corrected chi connectivity index (χ2v) is 6.51. The molecule has 124 valence electrons. The molecule has 0 aliphatic rings. The molecule has 0 aliphatic heterocycles. The summed E-state index contributed by atoms with van der Waals surface area (Å²) in [6, 6.07) is 18.3. The highest BCUT2D eigenvalue weighted by atomic mass is 35.5. The van der Waals surface area contributed by atoms with Crippen molar-refractivity contribution in [2.24, 2.45) is 4.99 Å². The van der Waals surface area contributed by atoms with Crippen molar-refractivity contribution in [2.45, 2.75) is 18.8 Å². The van der Waals surface area contributed by atoms with Crippen LogP contribution in [0.15, 0.2) is 65.0 Å². The van der Waals surface area contributed by atoms with Crippen LogP contribution in [0.2, 0.25) is 0 Å². The van der Waals surface area contributed by atoms with Gasteiger partial charge in [-0.15, -0.1) is 22.9 Å². The highest BCUT2D eigenvalue weighted by Gasteiger charge is 2.13. The lowest BCUT2D eigenvalue weighted by Gasteiger charge is -2.17. The number of rotatable bonds is 5. The Labute approximate surface area is 150 Å². The molecule has 3 rings (SSSR count). The Balaban J connectivity index is 2.05. The average Bonchev–Trinajstić information content (AvgIpc) is 3.05. The minimum atomic E-state index is 0.170. The van der Waals surface area contributed by atoms with Crippen LogP contribution in [-0.2, 0) is 5.88 Å². The molecule has 1 heterocycles. The van der Waals surface area contributed by atoms with Gasteiger partial charge in [0.05, 0.1) is 24.7 Å². The van der Waals surface area contributed by atoms with Gasteiger partial charge in [-0.3, -0.25) is 0 Å². The Morgan fingerprint density at radius 1 is 1.12 bits per heavy atom. The maximum Gasteiger partial charge on any atom is 0.190 e. The first-order valence-electron chi connectivity index (χ1n) is 7.71. The highest BCUT2D eigenvalue weighted by molar-refractivity contribution is 7.07. The van der Waals surface area contributed by atoms with E-state index in [0.29, 0.717) is 5.88 Å². The number of nitrogens with zero attached hydrogens (tertiary/aromatic N) is 2. The van der Waals surface area contributed by atoms with Crippen LogP contribution in [0.4, 0.5) is 5.69 Å². The molecule has 0 unspecified atom stereocenters. The summed E-state index contributed by atoms with van der Waals surface area (Å²) in [5.41, 5.74) is 3.21. The number of methoxy groups -OCH3 is 1. The molecule has 0 amide bonds. The Bertz CT molecular complexity index is 853.